The lowest BCUT2D eigenvalue weighted by molar-refractivity contribution is -0.137. The number of carboxylic acids is 1. The van der Waals surface area contributed by atoms with Gasteiger partial charge in [0, 0.05) is 24.7 Å². The molecule has 2 rings (SSSR count). The number of aliphatic carboxylic acids is 1. The van der Waals surface area contributed by atoms with Gasteiger partial charge in [-0.1, -0.05) is 23.7 Å². The maximum absolute atomic E-state index is 10.6. The van der Waals surface area contributed by atoms with Gasteiger partial charge in [-0.05, 0) is 17.7 Å². The van der Waals surface area contributed by atoms with Crippen LogP contribution in [0.5, 0.6) is 0 Å². The number of ether oxygens (including phenoxy) is 1. The molecule has 0 saturated carbocycles. The molecule has 1 aliphatic rings. The highest BCUT2D eigenvalue weighted by Crippen LogP contribution is 2.23. The Labute approximate surface area is 111 Å². The lowest BCUT2D eigenvalue weighted by Crippen LogP contribution is -2.39. The Morgan fingerprint density at radius 2 is 2.17 bits per heavy atom. The van der Waals surface area contributed by atoms with Crippen LogP contribution in [-0.4, -0.2) is 42.2 Å². The molecule has 1 aliphatic heterocycles. The molecule has 0 radical (unpaired) electrons. The predicted octanol–water partition coefficient (Wildman–Crippen LogP) is 2.19. The van der Waals surface area contributed by atoms with Crippen LogP contribution < -0.4 is 0 Å². The number of benzene rings is 1. The van der Waals surface area contributed by atoms with Crippen molar-refractivity contribution in [3.63, 3.8) is 0 Å². The Kier molecular flexibility index (Phi) is 4.58. The summed E-state index contributed by atoms with van der Waals surface area (Å²) >= 11 is 5.85. The van der Waals surface area contributed by atoms with Crippen LogP contribution in [0.15, 0.2) is 24.3 Å². The molecule has 0 aromatic heterocycles. The summed E-state index contributed by atoms with van der Waals surface area (Å²) in [5, 5.41) is 9.39. The fourth-order valence-electron chi connectivity index (χ4n) is 2.04. The van der Waals surface area contributed by atoms with E-state index in [-0.39, 0.29) is 12.5 Å². The first kappa shape index (κ1) is 13.3. The summed E-state index contributed by atoms with van der Waals surface area (Å²) in [6, 6.07) is 7.59. The molecule has 0 unspecified atom stereocenters. The summed E-state index contributed by atoms with van der Waals surface area (Å²) in [5.41, 5.74) is 1.08. The molecular formula is C13H16ClNO3. The molecule has 18 heavy (non-hydrogen) atoms. The van der Waals surface area contributed by atoms with Crippen LogP contribution in [0.4, 0.5) is 0 Å². The number of morpholine rings is 1. The minimum Gasteiger partial charge on any atom is -0.481 e. The highest BCUT2D eigenvalue weighted by molar-refractivity contribution is 6.30. The fraction of sp³-hybridized carbons (Fsp3) is 0.462. The van der Waals surface area contributed by atoms with Gasteiger partial charge in [0.1, 0.15) is 0 Å². The lowest BCUT2D eigenvalue weighted by Gasteiger charge is -2.32. The van der Waals surface area contributed by atoms with Crippen LogP contribution in [0.2, 0.25) is 5.02 Å². The van der Waals surface area contributed by atoms with Crippen molar-refractivity contribution in [2.75, 3.05) is 26.2 Å². The zero-order valence-corrected chi connectivity index (χ0v) is 10.8. The Bertz CT molecular complexity index is 407. The van der Waals surface area contributed by atoms with Crippen molar-refractivity contribution in [1.29, 1.82) is 0 Å². The van der Waals surface area contributed by atoms with Gasteiger partial charge in [0.05, 0.1) is 19.1 Å². The smallest absolute Gasteiger partial charge is 0.304 e. The first-order chi connectivity index (χ1) is 8.65. The summed E-state index contributed by atoms with van der Waals surface area (Å²) in [5.74, 6) is -0.760. The highest BCUT2D eigenvalue weighted by atomic mass is 35.5. The molecular weight excluding hydrogens is 254 g/mol. The van der Waals surface area contributed by atoms with Gasteiger partial charge in [0.15, 0.2) is 0 Å². The van der Waals surface area contributed by atoms with E-state index in [1.165, 1.54) is 0 Å². The van der Waals surface area contributed by atoms with E-state index >= 15 is 0 Å². The molecule has 1 fully saturated rings. The second-order valence-electron chi connectivity index (χ2n) is 4.36. The summed E-state index contributed by atoms with van der Waals surface area (Å²) in [7, 11) is 0. The van der Waals surface area contributed by atoms with Crippen LogP contribution in [0, 0.1) is 0 Å². The number of nitrogens with zero attached hydrogens (tertiary/aromatic N) is 1. The molecule has 1 aromatic carbocycles. The SMILES string of the molecule is O=C(O)CCN1CCO[C@@H](c2ccc(Cl)cc2)C1. The molecule has 1 atom stereocenters. The molecule has 0 bridgehead atoms. The maximum Gasteiger partial charge on any atom is 0.304 e. The Balaban J connectivity index is 1.93. The minimum absolute atomic E-state index is 0.00446. The zero-order valence-electron chi connectivity index (χ0n) is 10.0. The number of hydrogen-bond acceptors (Lipinski definition) is 3. The number of carboxylic acid groups (broad SMARTS) is 1. The molecule has 0 amide bonds. The van der Waals surface area contributed by atoms with Crippen LogP contribution in [0.3, 0.4) is 0 Å². The van der Waals surface area contributed by atoms with Gasteiger partial charge in [-0.15, -0.1) is 0 Å². The monoisotopic (exact) mass is 269 g/mol. The molecule has 1 saturated heterocycles. The number of hydrogen-bond donors (Lipinski definition) is 1. The fourth-order valence-corrected chi connectivity index (χ4v) is 2.16. The van der Waals surface area contributed by atoms with Crippen molar-refractivity contribution < 1.29 is 14.6 Å². The van der Waals surface area contributed by atoms with Gasteiger partial charge in [-0.2, -0.15) is 0 Å². The van der Waals surface area contributed by atoms with Gasteiger partial charge < -0.3 is 9.84 Å². The van der Waals surface area contributed by atoms with Crippen molar-refractivity contribution in [1.82, 2.24) is 4.90 Å². The van der Waals surface area contributed by atoms with Crippen molar-refractivity contribution in [3.05, 3.63) is 34.9 Å². The van der Waals surface area contributed by atoms with E-state index in [9.17, 15) is 4.79 Å². The largest absolute Gasteiger partial charge is 0.481 e. The topological polar surface area (TPSA) is 49.8 Å². The van der Waals surface area contributed by atoms with E-state index in [1.54, 1.807) is 0 Å². The third kappa shape index (κ3) is 3.70. The molecule has 4 nitrogen and oxygen atoms in total. The summed E-state index contributed by atoms with van der Waals surface area (Å²) < 4.78 is 5.71. The normalized spacial score (nSPS) is 20.8. The Hall–Kier alpha value is -1.10. The van der Waals surface area contributed by atoms with Gasteiger partial charge in [-0.3, -0.25) is 9.69 Å². The molecule has 1 N–H and O–H groups in total. The average molecular weight is 270 g/mol. The standard InChI is InChI=1S/C13H16ClNO3/c14-11-3-1-10(2-4-11)12-9-15(7-8-18-12)6-5-13(16)17/h1-4,12H,5-9H2,(H,16,17)/t12-/m1/s1. The highest BCUT2D eigenvalue weighted by Gasteiger charge is 2.22. The Morgan fingerprint density at radius 3 is 2.83 bits per heavy atom. The van der Waals surface area contributed by atoms with E-state index in [0.717, 1.165) is 18.7 Å². The van der Waals surface area contributed by atoms with Gasteiger partial charge in [-0.25, -0.2) is 0 Å². The van der Waals surface area contributed by atoms with Crippen LogP contribution in [-0.2, 0) is 9.53 Å². The molecule has 98 valence electrons. The zero-order chi connectivity index (χ0) is 13.0. The van der Waals surface area contributed by atoms with Crippen LogP contribution in [0.25, 0.3) is 0 Å². The minimum atomic E-state index is -0.760. The maximum atomic E-state index is 10.6. The van der Waals surface area contributed by atoms with Crippen molar-refractivity contribution in [2.45, 2.75) is 12.5 Å². The second kappa shape index (κ2) is 6.18. The quantitative estimate of drug-likeness (QED) is 0.910. The lowest BCUT2D eigenvalue weighted by atomic mass is 10.1. The van der Waals surface area contributed by atoms with Gasteiger partial charge >= 0.3 is 5.97 Å². The van der Waals surface area contributed by atoms with Gasteiger partial charge in [0.2, 0.25) is 0 Å². The van der Waals surface area contributed by atoms with Crippen molar-refractivity contribution in [2.24, 2.45) is 0 Å². The first-order valence-corrected chi connectivity index (χ1v) is 6.34. The first-order valence-electron chi connectivity index (χ1n) is 5.96. The molecule has 1 aromatic rings. The van der Waals surface area contributed by atoms with Gasteiger partial charge in [0.25, 0.3) is 0 Å². The average Bonchev–Trinajstić information content (AvgIpc) is 2.37. The van der Waals surface area contributed by atoms with Crippen LogP contribution >= 0.6 is 11.6 Å². The molecule has 1 heterocycles. The van der Waals surface area contributed by atoms with E-state index in [1.807, 2.05) is 24.3 Å². The van der Waals surface area contributed by atoms with Crippen molar-refractivity contribution in [3.8, 4) is 0 Å². The summed E-state index contributed by atoms with van der Waals surface area (Å²) in [4.78, 5) is 12.7. The number of halogens is 1. The van der Waals surface area contributed by atoms with Crippen molar-refractivity contribution >= 4 is 17.6 Å². The predicted molar refractivity (Wildman–Crippen MR) is 68.8 cm³/mol. The Morgan fingerprint density at radius 1 is 1.44 bits per heavy atom. The summed E-state index contributed by atoms with van der Waals surface area (Å²) in [6.07, 6.45) is 0.178. The van der Waals surface area contributed by atoms with E-state index in [0.29, 0.717) is 18.2 Å². The van der Waals surface area contributed by atoms with Crippen LogP contribution in [0.1, 0.15) is 18.1 Å². The van der Waals surface area contributed by atoms with E-state index < -0.39 is 5.97 Å². The summed E-state index contributed by atoms with van der Waals surface area (Å²) in [6.45, 7) is 2.72. The molecule has 5 heteroatoms. The van der Waals surface area contributed by atoms with E-state index in [4.69, 9.17) is 21.4 Å². The van der Waals surface area contributed by atoms with E-state index in [2.05, 4.69) is 4.90 Å². The number of rotatable bonds is 4. The number of carbonyl (C=O) groups is 1. The molecule has 0 spiro atoms. The molecule has 0 aliphatic carbocycles. The third-order valence-corrected chi connectivity index (χ3v) is 3.29. The second-order valence-corrected chi connectivity index (χ2v) is 4.79. The third-order valence-electron chi connectivity index (χ3n) is 3.03.